The number of carbonyl (C=O) groups is 3. The number of furan rings is 1. The Morgan fingerprint density at radius 3 is 2.56 bits per heavy atom. The molecule has 182 valence electrons. The van der Waals surface area contributed by atoms with Gasteiger partial charge in [-0.05, 0) is 49.7 Å². The van der Waals surface area contributed by atoms with Crippen molar-refractivity contribution < 1.29 is 28.3 Å². The molecule has 0 bridgehead atoms. The van der Waals surface area contributed by atoms with Crippen molar-refractivity contribution >= 4 is 46.7 Å². The van der Waals surface area contributed by atoms with Crippen LogP contribution in [0.3, 0.4) is 0 Å². The molecule has 2 heterocycles. The summed E-state index contributed by atoms with van der Waals surface area (Å²) in [4.78, 5) is 37.6. The third-order valence-electron chi connectivity index (χ3n) is 5.10. The van der Waals surface area contributed by atoms with Crippen LogP contribution in [0, 0.1) is 29.6 Å². The minimum atomic E-state index is -0.599. The van der Waals surface area contributed by atoms with Crippen molar-refractivity contribution in [2.24, 2.45) is 0 Å². The summed E-state index contributed by atoms with van der Waals surface area (Å²) in [6.45, 7) is 3.47. The van der Waals surface area contributed by atoms with Gasteiger partial charge in [-0.3, -0.25) is 4.79 Å². The Kier molecular flexibility index (Phi) is 8.44. The van der Waals surface area contributed by atoms with Gasteiger partial charge in [-0.2, -0.15) is 10.5 Å². The molecule has 0 unspecified atom stereocenters. The standard InChI is InChI=1S/C26H19ClN2O6S/c1-4-34-26(32)24-14(2)19(13-29)23(36-24)11-21(30)16(12-28)9-17-6-8-22(35-17)15-5-7-20(27)18(10-15)25(31)33-3/h5-10H,4,11H2,1-3H3. The van der Waals surface area contributed by atoms with Crippen LogP contribution < -0.4 is 0 Å². The number of carbonyl (C=O) groups excluding carboxylic acids is 3. The SMILES string of the molecule is CCOC(=O)c1sc(CC(=O)C(C#N)=Cc2ccc(-c3ccc(Cl)c(C(=O)OC)c3)o2)c(C#N)c1C. The second-order valence-electron chi connectivity index (χ2n) is 7.34. The summed E-state index contributed by atoms with van der Waals surface area (Å²) in [5.74, 6) is -1.08. The van der Waals surface area contributed by atoms with Gasteiger partial charge < -0.3 is 13.9 Å². The van der Waals surface area contributed by atoms with E-state index in [4.69, 9.17) is 25.5 Å². The van der Waals surface area contributed by atoms with Crippen LogP contribution in [0.25, 0.3) is 17.4 Å². The first-order valence-corrected chi connectivity index (χ1v) is 11.8. The van der Waals surface area contributed by atoms with Gasteiger partial charge in [0.25, 0.3) is 0 Å². The van der Waals surface area contributed by atoms with Gasteiger partial charge in [-0.15, -0.1) is 11.3 Å². The average molecular weight is 523 g/mol. The number of allylic oxidation sites excluding steroid dienone is 1. The number of nitriles is 2. The molecular formula is C26H19ClN2O6S. The fraction of sp³-hybridized carbons (Fsp3) is 0.192. The van der Waals surface area contributed by atoms with Gasteiger partial charge in [0, 0.05) is 22.9 Å². The lowest BCUT2D eigenvalue weighted by Gasteiger charge is -2.04. The van der Waals surface area contributed by atoms with Crippen molar-refractivity contribution in [1.82, 2.24) is 0 Å². The maximum atomic E-state index is 12.9. The highest BCUT2D eigenvalue weighted by Crippen LogP contribution is 2.31. The van der Waals surface area contributed by atoms with Crippen molar-refractivity contribution in [2.45, 2.75) is 20.3 Å². The van der Waals surface area contributed by atoms with E-state index in [9.17, 15) is 24.9 Å². The third-order valence-corrected chi connectivity index (χ3v) is 6.71. The summed E-state index contributed by atoms with van der Waals surface area (Å²) in [5, 5.41) is 19.3. The van der Waals surface area contributed by atoms with Crippen LogP contribution in [-0.4, -0.2) is 31.4 Å². The van der Waals surface area contributed by atoms with Gasteiger partial charge in [-0.1, -0.05) is 11.6 Å². The zero-order chi connectivity index (χ0) is 26.4. The molecule has 1 aromatic carbocycles. The number of ketones is 1. The number of nitrogens with zero attached hydrogens (tertiary/aromatic N) is 2. The van der Waals surface area contributed by atoms with E-state index in [1.165, 1.54) is 25.3 Å². The molecule has 0 spiro atoms. The minimum Gasteiger partial charge on any atom is -0.465 e. The van der Waals surface area contributed by atoms with Crippen LogP contribution in [0.4, 0.5) is 0 Å². The topological polar surface area (TPSA) is 130 Å². The first kappa shape index (κ1) is 26.4. The molecule has 3 rings (SSSR count). The zero-order valence-corrected chi connectivity index (χ0v) is 21.1. The Labute approximate surface area is 215 Å². The quantitative estimate of drug-likeness (QED) is 0.214. The molecule has 10 heteroatoms. The number of hydrogen-bond donors (Lipinski definition) is 0. The Morgan fingerprint density at radius 2 is 1.92 bits per heavy atom. The van der Waals surface area contributed by atoms with Crippen molar-refractivity contribution in [3.8, 4) is 23.5 Å². The molecule has 0 aliphatic heterocycles. The van der Waals surface area contributed by atoms with E-state index >= 15 is 0 Å². The summed E-state index contributed by atoms with van der Waals surface area (Å²) in [6, 6.07) is 11.8. The number of thiophene rings is 1. The van der Waals surface area contributed by atoms with E-state index in [1.807, 2.05) is 12.1 Å². The molecule has 8 nitrogen and oxygen atoms in total. The molecule has 3 aromatic rings. The van der Waals surface area contributed by atoms with Crippen LogP contribution in [0.15, 0.2) is 40.3 Å². The molecule has 0 amide bonds. The Balaban J connectivity index is 1.87. The van der Waals surface area contributed by atoms with Gasteiger partial charge in [0.15, 0.2) is 5.78 Å². The molecule has 0 atom stereocenters. The minimum absolute atomic E-state index is 0.166. The smallest absolute Gasteiger partial charge is 0.348 e. The van der Waals surface area contributed by atoms with Crippen LogP contribution in [0.5, 0.6) is 0 Å². The van der Waals surface area contributed by atoms with Crippen molar-refractivity contribution in [1.29, 1.82) is 10.5 Å². The van der Waals surface area contributed by atoms with E-state index in [0.717, 1.165) is 11.3 Å². The lowest BCUT2D eigenvalue weighted by molar-refractivity contribution is -0.114. The molecule has 2 aromatic heterocycles. The summed E-state index contributed by atoms with van der Waals surface area (Å²) in [6.07, 6.45) is 1.06. The van der Waals surface area contributed by atoms with E-state index in [0.29, 0.717) is 21.8 Å². The number of halogens is 1. The molecule has 0 aliphatic carbocycles. The number of Topliss-reactive ketones (excluding diaryl/α,β-unsaturated/α-hetero) is 1. The Bertz CT molecular complexity index is 1470. The number of hydrogen-bond acceptors (Lipinski definition) is 9. The van der Waals surface area contributed by atoms with E-state index in [2.05, 4.69) is 0 Å². The molecule has 0 N–H and O–H groups in total. The maximum absolute atomic E-state index is 12.9. The number of rotatable bonds is 8. The number of esters is 2. The number of methoxy groups -OCH3 is 1. The predicted octanol–water partition coefficient (Wildman–Crippen LogP) is 5.52. The second kappa shape index (κ2) is 11.5. The fourth-order valence-corrected chi connectivity index (χ4v) is 4.67. The zero-order valence-electron chi connectivity index (χ0n) is 19.5. The van der Waals surface area contributed by atoms with Gasteiger partial charge in [0.1, 0.15) is 28.5 Å². The van der Waals surface area contributed by atoms with Crippen LogP contribution >= 0.6 is 22.9 Å². The summed E-state index contributed by atoms with van der Waals surface area (Å²) in [5.41, 5.74) is 1.19. The lowest BCUT2D eigenvalue weighted by atomic mass is 10.0. The van der Waals surface area contributed by atoms with Gasteiger partial charge >= 0.3 is 11.9 Å². The van der Waals surface area contributed by atoms with Crippen LogP contribution in [0.1, 0.15) is 48.7 Å². The van der Waals surface area contributed by atoms with Crippen molar-refractivity contribution in [3.63, 3.8) is 0 Å². The normalized spacial score (nSPS) is 10.9. The number of benzene rings is 1. The Hall–Kier alpha value is -4.18. The van der Waals surface area contributed by atoms with Gasteiger partial charge in [0.2, 0.25) is 0 Å². The summed E-state index contributed by atoms with van der Waals surface area (Å²) in [7, 11) is 1.25. The molecule has 0 saturated heterocycles. The third kappa shape index (κ3) is 5.55. The lowest BCUT2D eigenvalue weighted by Crippen LogP contribution is -2.05. The Morgan fingerprint density at radius 1 is 1.17 bits per heavy atom. The molecular weight excluding hydrogens is 504 g/mol. The first-order chi connectivity index (χ1) is 17.2. The predicted molar refractivity (Wildman–Crippen MR) is 133 cm³/mol. The first-order valence-electron chi connectivity index (χ1n) is 10.6. The highest BCUT2D eigenvalue weighted by atomic mass is 35.5. The number of ether oxygens (including phenoxy) is 2. The van der Waals surface area contributed by atoms with Crippen molar-refractivity contribution in [3.05, 3.63) is 73.1 Å². The summed E-state index contributed by atoms with van der Waals surface area (Å²) < 4.78 is 15.5. The molecule has 0 fully saturated rings. The van der Waals surface area contributed by atoms with E-state index in [1.54, 1.807) is 32.0 Å². The second-order valence-corrected chi connectivity index (χ2v) is 8.86. The van der Waals surface area contributed by atoms with Crippen LogP contribution in [0.2, 0.25) is 5.02 Å². The molecule has 36 heavy (non-hydrogen) atoms. The van der Waals surface area contributed by atoms with Gasteiger partial charge in [0.05, 0.1) is 35.4 Å². The van der Waals surface area contributed by atoms with Crippen molar-refractivity contribution in [2.75, 3.05) is 13.7 Å². The van der Waals surface area contributed by atoms with E-state index < -0.39 is 17.7 Å². The summed E-state index contributed by atoms with van der Waals surface area (Å²) >= 11 is 7.06. The monoisotopic (exact) mass is 522 g/mol. The van der Waals surface area contributed by atoms with Crippen LogP contribution in [-0.2, 0) is 20.7 Å². The highest BCUT2D eigenvalue weighted by molar-refractivity contribution is 7.14. The molecule has 0 radical (unpaired) electrons. The maximum Gasteiger partial charge on any atom is 0.348 e. The van der Waals surface area contributed by atoms with Gasteiger partial charge in [-0.25, -0.2) is 9.59 Å². The molecule has 0 saturated carbocycles. The van der Waals surface area contributed by atoms with E-state index in [-0.39, 0.29) is 45.4 Å². The highest BCUT2D eigenvalue weighted by Gasteiger charge is 2.23. The average Bonchev–Trinajstić information content (AvgIpc) is 3.46. The fourth-order valence-electron chi connectivity index (χ4n) is 3.32. The molecule has 0 aliphatic rings. The largest absolute Gasteiger partial charge is 0.465 e.